The van der Waals surface area contributed by atoms with Crippen molar-refractivity contribution in [3.05, 3.63) is 48.0 Å². The van der Waals surface area contributed by atoms with Crippen molar-refractivity contribution in [2.75, 3.05) is 29.7 Å². The average Bonchev–Trinajstić information content (AvgIpc) is 2.73. The minimum Gasteiger partial charge on any atom is -0.354 e. The number of carbonyl (C=O) groups excluding carboxylic acids is 2. The largest absolute Gasteiger partial charge is 0.354 e. The maximum Gasteiger partial charge on any atom is 0.261 e. The van der Waals surface area contributed by atoms with E-state index in [-0.39, 0.29) is 47.4 Å². The van der Waals surface area contributed by atoms with Crippen LogP contribution in [0.4, 0.5) is 11.4 Å². The number of piperazine rings is 1. The first-order valence-electron chi connectivity index (χ1n) is 9.48. The molecule has 0 saturated carbocycles. The molecule has 0 bridgehead atoms. The Hall–Kier alpha value is -2.96. The lowest BCUT2D eigenvalue weighted by atomic mass is 10.0. The van der Waals surface area contributed by atoms with E-state index < -0.39 is 26.0 Å². The van der Waals surface area contributed by atoms with Crippen LogP contribution in [0.15, 0.2) is 52.3 Å². The van der Waals surface area contributed by atoms with E-state index in [1.165, 1.54) is 42.5 Å². The molecule has 12 heteroatoms. The molecule has 0 aromatic heterocycles. The molecule has 2 aromatic carbocycles. The summed E-state index contributed by atoms with van der Waals surface area (Å²) in [6.07, 6.45) is 0.708. The standard InChI is InChI=1S/C19H20N4O6S2/c24-18-7-4-13-10-15(5-6-17(13)21-18)30(26,27)22-14-2-1-3-16(11-14)31(28,29)23-9-8-20-19(25)12-23/h1-3,5-6,10-11,22H,4,7-9,12H2,(H,20,25)(H,21,24). The predicted molar refractivity (Wildman–Crippen MR) is 112 cm³/mol. The zero-order valence-corrected chi connectivity index (χ0v) is 17.9. The fraction of sp³-hybridized carbons (Fsp3) is 0.263. The van der Waals surface area contributed by atoms with Crippen LogP contribution in [-0.4, -0.2) is 52.6 Å². The van der Waals surface area contributed by atoms with Gasteiger partial charge in [0.1, 0.15) is 0 Å². The summed E-state index contributed by atoms with van der Waals surface area (Å²) in [5.74, 6) is -0.513. The van der Waals surface area contributed by atoms with Crippen LogP contribution in [0, 0.1) is 0 Å². The second-order valence-corrected chi connectivity index (χ2v) is 10.8. The Labute approximate surface area is 179 Å². The number of hydrogen-bond donors (Lipinski definition) is 3. The first kappa shape index (κ1) is 21.3. The summed E-state index contributed by atoms with van der Waals surface area (Å²) in [4.78, 5) is 22.9. The molecule has 0 aliphatic carbocycles. The van der Waals surface area contributed by atoms with Crippen LogP contribution in [0.1, 0.15) is 12.0 Å². The van der Waals surface area contributed by atoms with E-state index in [0.29, 0.717) is 17.7 Å². The van der Waals surface area contributed by atoms with E-state index in [0.717, 1.165) is 4.31 Å². The van der Waals surface area contributed by atoms with E-state index in [2.05, 4.69) is 15.4 Å². The van der Waals surface area contributed by atoms with E-state index in [1.807, 2.05) is 0 Å². The van der Waals surface area contributed by atoms with Gasteiger partial charge in [-0.3, -0.25) is 14.3 Å². The highest BCUT2D eigenvalue weighted by atomic mass is 32.2. The first-order valence-corrected chi connectivity index (χ1v) is 12.4. The highest BCUT2D eigenvalue weighted by Gasteiger charge is 2.29. The minimum atomic E-state index is -3.99. The first-order chi connectivity index (χ1) is 14.6. The summed E-state index contributed by atoms with van der Waals surface area (Å²) < 4.78 is 54.8. The normalized spacial score (nSPS) is 17.4. The van der Waals surface area contributed by atoms with Crippen molar-refractivity contribution < 1.29 is 26.4 Å². The number of nitrogens with one attached hydrogen (secondary N) is 3. The van der Waals surface area contributed by atoms with Crippen LogP contribution < -0.4 is 15.4 Å². The van der Waals surface area contributed by atoms with Gasteiger partial charge in [0, 0.05) is 25.2 Å². The molecule has 1 saturated heterocycles. The summed E-state index contributed by atoms with van der Waals surface area (Å²) in [6.45, 7) is 0.0583. The number of rotatable bonds is 5. The van der Waals surface area contributed by atoms with E-state index >= 15 is 0 Å². The Morgan fingerprint density at radius 2 is 1.71 bits per heavy atom. The van der Waals surface area contributed by atoms with Crippen molar-refractivity contribution in [2.24, 2.45) is 0 Å². The molecular weight excluding hydrogens is 444 g/mol. The summed E-state index contributed by atoms with van der Waals surface area (Å²) >= 11 is 0. The Kier molecular flexibility index (Phi) is 5.45. The average molecular weight is 465 g/mol. The predicted octanol–water partition coefficient (Wildman–Crippen LogP) is 0.493. The summed E-state index contributed by atoms with van der Waals surface area (Å²) in [6, 6.07) is 9.83. The maximum atomic E-state index is 12.8. The quantitative estimate of drug-likeness (QED) is 0.588. The van der Waals surface area contributed by atoms with E-state index in [1.54, 1.807) is 0 Å². The topological polar surface area (TPSA) is 142 Å². The molecule has 2 aliphatic heterocycles. The molecule has 3 N–H and O–H groups in total. The van der Waals surface area contributed by atoms with Gasteiger partial charge < -0.3 is 10.6 Å². The van der Waals surface area contributed by atoms with Gasteiger partial charge in [0.05, 0.1) is 22.0 Å². The Bertz CT molecular complexity index is 1270. The van der Waals surface area contributed by atoms with E-state index in [9.17, 15) is 26.4 Å². The molecule has 2 heterocycles. The van der Waals surface area contributed by atoms with Gasteiger partial charge in [0.2, 0.25) is 21.8 Å². The Balaban J connectivity index is 1.58. The molecule has 10 nitrogen and oxygen atoms in total. The van der Waals surface area contributed by atoms with Gasteiger partial charge in [0.15, 0.2) is 0 Å². The Morgan fingerprint density at radius 1 is 0.903 bits per heavy atom. The summed E-state index contributed by atoms with van der Waals surface area (Å²) in [5, 5.41) is 5.25. The third kappa shape index (κ3) is 4.40. The number of hydrogen-bond acceptors (Lipinski definition) is 6. The number of carbonyl (C=O) groups is 2. The highest BCUT2D eigenvalue weighted by Crippen LogP contribution is 2.27. The van der Waals surface area contributed by atoms with Gasteiger partial charge in [-0.2, -0.15) is 4.31 Å². The van der Waals surface area contributed by atoms with Crippen molar-refractivity contribution in [2.45, 2.75) is 22.6 Å². The number of nitrogens with zero attached hydrogens (tertiary/aromatic N) is 1. The van der Waals surface area contributed by atoms with Crippen LogP contribution in [0.2, 0.25) is 0 Å². The minimum absolute atomic E-state index is 0.00311. The molecule has 2 aromatic rings. The molecule has 0 spiro atoms. The molecule has 0 unspecified atom stereocenters. The summed E-state index contributed by atoms with van der Waals surface area (Å²) in [7, 11) is -7.95. The van der Waals surface area contributed by atoms with Gasteiger partial charge in [-0.15, -0.1) is 0 Å². The molecule has 164 valence electrons. The van der Waals surface area contributed by atoms with Crippen molar-refractivity contribution in [3.63, 3.8) is 0 Å². The monoisotopic (exact) mass is 464 g/mol. The maximum absolute atomic E-state index is 12.8. The van der Waals surface area contributed by atoms with Crippen molar-refractivity contribution >= 4 is 43.2 Å². The van der Waals surface area contributed by atoms with Gasteiger partial charge in [-0.05, 0) is 48.4 Å². The van der Waals surface area contributed by atoms with E-state index in [4.69, 9.17) is 0 Å². The lowest BCUT2D eigenvalue weighted by Gasteiger charge is -2.26. The number of fused-ring (bicyclic) bond motifs is 1. The number of aryl methyl sites for hydroxylation is 1. The van der Waals surface area contributed by atoms with Gasteiger partial charge in [-0.1, -0.05) is 6.07 Å². The fourth-order valence-corrected chi connectivity index (χ4v) is 5.97. The smallest absolute Gasteiger partial charge is 0.261 e. The van der Waals surface area contributed by atoms with Crippen molar-refractivity contribution in [1.29, 1.82) is 0 Å². The van der Waals surface area contributed by atoms with Crippen molar-refractivity contribution in [1.82, 2.24) is 9.62 Å². The van der Waals surface area contributed by atoms with Crippen LogP contribution in [0.5, 0.6) is 0 Å². The SMILES string of the molecule is O=C1CN(S(=O)(=O)c2cccc(NS(=O)(=O)c3ccc4c(c3)CCC(=O)N4)c2)CCN1. The molecule has 1 fully saturated rings. The molecule has 4 rings (SSSR count). The zero-order chi connectivity index (χ0) is 22.2. The van der Waals surface area contributed by atoms with Gasteiger partial charge in [0.25, 0.3) is 10.0 Å². The second kappa shape index (κ2) is 7.94. The van der Waals surface area contributed by atoms with Crippen LogP contribution in [-0.2, 0) is 36.1 Å². The molecular formula is C19H20N4O6S2. The third-order valence-electron chi connectivity index (χ3n) is 5.01. The molecule has 31 heavy (non-hydrogen) atoms. The fourth-order valence-electron chi connectivity index (χ4n) is 3.43. The van der Waals surface area contributed by atoms with Crippen LogP contribution in [0.3, 0.4) is 0 Å². The van der Waals surface area contributed by atoms with Crippen LogP contribution in [0.25, 0.3) is 0 Å². The zero-order valence-electron chi connectivity index (χ0n) is 16.3. The second-order valence-electron chi connectivity index (χ2n) is 7.19. The third-order valence-corrected chi connectivity index (χ3v) is 8.23. The number of sulfonamides is 2. The molecule has 0 radical (unpaired) electrons. The lowest BCUT2D eigenvalue weighted by Crippen LogP contribution is -2.49. The number of benzene rings is 2. The van der Waals surface area contributed by atoms with Gasteiger partial charge in [-0.25, -0.2) is 16.8 Å². The molecule has 0 atom stereocenters. The number of amides is 2. The molecule has 2 aliphatic rings. The Morgan fingerprint density at radius 3 is 2.48 bits per heavy atom. The molecule has 2 amide bonds. The van der Waals surface area contributed by atoms with Gasteiger partial charge >= 0.3 is 0 Å². The summed E-state index contributed by atoms with van der Waals surface area (Å²) in [5.41, 5.74) is 1.37. The lowest BCUT2D eigenvalue weighted by molar-refractivity contribution is -0.122. The van der Waals surface area contributed by atoms with Crippen LogP contribution >= 0.6 is 0 Å². The highest BCUT2D eigenvalue weighted by molar-refractivity contribution is 7.92. The van der Waals surface area contributed by atoms with Crippen molar-refractivity contribution in [3.8, 4) is 0 Å². The number of anilines is 2.